The lowest BCUT2D eigenvalue weighted by Gasteiger charge is -2.32. The number of ether oxygens (including phenoxy) is 3. The Morgan fingerprint density at radius 3 is 2.50 bits per heavy atom. The third-order valence-electron chi connectivity index (χ3n) is 7.92. The van der Waals surface area contributed by atoms with Crippen LogP contribution >= 0.6 is 0 Å². The SMILES string of the molecule is COC(=O)C[C@H](C(=O)N1CCc2cc(OCc3ccc(C4CCCCC4)c(C#N)c3)ccc21)N(C)C(=O)OC(C)(C)C. The van der Waals surface area contributed by atoms with Crippen LogP contribution in [-0.4, -0.2) is 55.2 Å². The van der Waals surface area contributed by atoms with Crippen LogP contribution in [0.3, 0.4) is 0 Å². The minimum atomic E-state index is -1.08. The van der Waals surface area contributed by atoms with Gasteiger partial charge in [0, 0.05) is 19.3 Å². The number of likely N-dealkylation sites (N-methyl/N-ethyl adjacent to an activating group) is 1. The molecule has 0 N–H and O–H groups in total. The average molecular weight is 576 g/mol. The Labute approximate surface area is 248 Å². The lowest BCUT2D eigenvalue weighted by atomic mass is 9.82. The molecule has 2 aromatic rings. The van der Waals surface area contributed by atoms with Crippen LogP contribution in [0, 0.1) is 11.3 Å². The van der Waals surface area contributed by atoms with Gasteiger partial charge in [0.15, 0.2) is 0 Å². The van der Waals surface area contributed by atoms with Crippen LogP contribution in [0.2, 0.25) is 0 Å². The summed E-state index contributed by atoms with van der Waals surface area (Å²) in [5.74, 6) is 0.137. The predicted molar refractivity (Wildman–Crippen MR) is 158 cm³/mol. The second-order valence-corrected chi connectivity index (χ2v) is 12.1. The Kier molecular flexibility index (Phi) is 9.77. The molecule has 9 heteroatoms. The third kappa shape index (κ3) is 7.41. The Morgan fingerprint density at radius 1 is 1.10 bits per heavy atom. The lowest BCUT2D eigenvalue weighted by molar-refractivity contribution is -0.144. The molecule has 42 heavy (non-hydrogen) atoms. The van der Waals surface area contributed by atoms with Gasteiger partial charge in [-0.25, -0.2) is 4.79 Å². The molecule has 2 aromatic carbocycles. The van der Waals surface area contributed by atoms with E-state index in [4.69, 9.17) is 14.2 Å². The molecule has 1 aliphatic carbocycles. The molecule has 1 fully saturated rings. The molecule has 0 aromatic heterocycles. The van der Waals surface area contributed by atoms with Crippen molar-refractivity contribution in [2.24, 2.45) is 0 Å². The normalized spacial score (nSPS) is 15.8. The Bertz CT molecular complexity index is 1350. The molecular weight excluding hydrogens is 534 g/mol. The molecule has 0 spiro atoms. The zero-order valence-corrected chi connectivity index (χ0v) is 25.3. The molecule has 0 saturated heterocycles. The number of amides is 2. The highest BCUT2D eigenvalue weighted by molar-refractivity contribution is 6.02. The molecule has 1 atom stereocenters. The van der Waals surface area contributed by atoms with E-state index in [0.29, 0.717) is 36.9 Å². The number of rotatable bonds is 8. The van der Waals surface area contributed by atoms with Crippen LogP contribution in [0.25, 0.3) is 0 Å². The summed E-state index contributed by atoms with van der Waals surface area (Å²) in [7, 11) is 2.70. The van der Waals surface area contributed by atoms with Crippen LogP contribution in [0.1, 0.15) is 87.5 Å². The molecule has 9 nitrogen and oxygen atoms in total. The zero-order chi connectivity index (χ0) is 30.4. The van der Waals surface area contributed by atoms with Crippen molar-refractivity contribution in [3.05, 3.63) is 58.7 Å². The van der Waals surface area contributed by atoms with Crippen molar-refractivity contribution < 1.29 is 28.6 Å². The van der Waals surface area contributed by atoms with E-state index in [2.05, 4.69) is 12.1 Å². The largest absolute Gasteiger partial charge is 0.489 e. The first-order valence-corrected chi connectivity index (χ1v) is 14.6. The molecule has 2 amide bonds. The van der Waals surface area contributed by atoms with Crippen LogP contribution in [0.5, 0.6) is 5.75 Å². The maximum Gasteiger partial charge on any atom is 0.410 e. The van der Waals surface area contributed by atoms with Crippen molar-refractivity contribution in [2.45, 2.75) is 89.9 Å². The van der Waals surface area contributed by atoms with E-state index in [1.807, 2.05) is 24.3 Å². The zero-order valence-electron chi connectivity index (χ0n) is 25.3. The minimum Gasteiger partial charge on any atom is -0.489 e. The summed E-state index contributed by atoms with van der Waals surface area (Å²) in [4.78, 5) is 41.4. The Hall–Kier alpha value is -4.06. The number of carbonyl (C=O) groups excluding carboxylic acids is 3. The van der Waals surface area contributed by atoms with E-state index in [9.17, 15) is 19.6 Å². The first-order chi connectivity index (χ1) is 20.0. The van der Waals surface area contributed by atoms with Gasteiger partial charge in [0.2, 0.25) is 0 Å². The lowest BCUT2D eigenvalue weighted by Crippen LogP contribution is -2.51. The number of carbonyl (C=O) groups is 3. The second-order valence-electron chi connectivity index (χ2n) is 12.1. The van der Waals surface area contributed by atoms with Crippen molar-refractivity contribution in [3.63, 3.8) is 0 Å². The highest BCUT2D eigenvalue weighted by Crippen LogP contribution is 2.35. The molecule has 1 aliphatic heterocycles. The van der Waals surface area contributed by atoms with E-state index in [1.165, 1.54) is 33.4 Å². The second kappa shape index (κ2) is 13.3. The maximum absolute atomic E-state index is 13.7. The smallest absolute Gasteiger partial charge is 0.410 e. The van der Waals surface area contributed by atoms with E-state index in [-0.39, 0.29) is 12.3 Å². The highest BCUT2D eigenvalue weighted by atomic mass is 16.6. The topological polar surface area (TPSA) is 109 Å². The minimum absolute atomic E-state index is 0.289. The van der Waals surface area contributed by atoms with Gasteiger partial charge in [-0.3, -0.25) is 14.5 Å². The number of esters is 1. The monoisotopic (exact) mass is 575 g/mol. The van der Waals surface area contributed by atoms with Gasteiger partial charge in [-0.05, 0) is 86.9 Å². The van der Waals surface area contributed by atoms with Gasteiger partial charge in [-0.1, -0.05) is 31.4 Å². The van der Waals surface area contributed by atoms with E-state index in [1.54, 1.807) is 31.7 Å². The van der Waals surface area contributed by atoms with Crippen molar-refractivity contribution in [3.8, 4) is 11.8 Å². The molecule has 224 valence electrons. The standard InChI is InChI=1S/C33H41N3O6/c1-33(2,3)42-32(39)35(4)29(19-30(37)40-5)31(38)36-16-15-24-18-26(12-14-28(24)36)41-21-22-11-13-27(25(17-22)20-34)23-9-7-6-8-10-23/h11-14,17-18,23,29H,6-10,15-16,19,21H2,1-5H3/t29-/m1/s1. The first-order valence-electron chi connectivity index (χ1n) is 14.6. The molecular formula is C33H41N3O6. The predicted octanol–water partition coefficient (Wildman–Crippen LogP) is 5.87. The van der Waals surface area contributed by atoms with Crippen molar-refractivity contribution in [2.75, 3.05) is 25.6 Å². The summed E-state index contributed by atoms with van der Waals surface area (Å²) in [6.45, 7) is 5.94. The Balaban J connectivity index is 1.45. The number of methoxy groups -OCH3 is 1. The molecule has 0 unspecified atom stereocenters. The summed E-state index contributed by atoms with van der Waals surface area (Å²) >= 11 is 0. The molecule has 0 bridgehead atoms. The van der Waals surface area contributed by atoms with E-state index >= 15 is 0 Å². The molecule has 2 aliphatic rings. The number of anilines is 1. The van der Waals surface area contributed by atoms with Crippen LogP contribution in [0.4, 0.5) is 10.5 Å². The fourth-order valence-electron chi connectivity index (χ4n) is 5.70. The molecule has 4 rings (SSSR count). The number of fused-ring (bicyclic) bond motifs is 1. The third-order valence-corrected chi connectivity index (χ3v) is 7.92. The van der Waals surface area contributed by atoms with E-state index < -0.39 is 23.7 Å². The van der Waals surface area contributed by atoms with Crippen LogP contribution in [-0.2, 0) is 32.1 Å². The van der Waals surface area contributed by atoms with Crippen molar-refractivity contribution >= 4 is 23.7 Å². The number of nitriles is 1. The van der Waals surface area contributed by atoms with Gasteiger partial charge in [0.25, 0.3) is 5.91 Å². The van der Waals surface area contributed by atoms with Crippen LogP contribution in [0.15, 0.2) is 36.4 Å². The maximum atomic E-state index is 13.7. The summed E-state index contributed by atoms with van der Waals surface area (Å²) < 4.78 is 16.3. The number of benzene rings is 2. The number of hydrogen-bond acceptors (Lipinski definition) is 7. The highest BCUT2D eigenvalue weighted by Gasteiger charge is 2.37. The molecule has 1 heterocycles. The van der Waals surface area contributed by atoms with Crippen LogP contribution < -0.4 is 9.64 Å². The number of hydrogen-bond donors (Lipinski definition) is 0. The molecule has 1 saturated carbocycles. The molecule has 0 radical (unpaired) electrons. The summed E-state index contributed by atoms with van der Waals surface area (Å²) in [5, 5.41) is 9.77. The van der Waals surface area contributed by atoms with Gasteiger partial charge < -0.3 is 19.1 Å². The fourth-order valence-corrected chi connectivity index (χ4v) is 5.70. The summed E-state index contributed by atoms with van der Waals surface area (Å²) in [5.41, 5.74) is 3.69. The Morgan fingerprint density at radius 2 is 1.83 bits per heavy atom. The van der Waals surface area contributed by atoms with Gasteiger partial charge in [0.05, 0.1) is 25.2 Å². The number of nitrogens with zero attached hydrogens (tertiary/aromatic N) is 3. The quantitative estimate of drug-likeness (QED) is 0.362. The summed E-state index contributed by atoms with van der Waals surface area (Å²) in [6, 6.07) is 12.9. The van der Waals surface area contributed by atoms with Gasteiger partial charge in [-0.15, -0.1) is 0 Å². The van der Waals surface area contributed by atoms with Crippen molar-refractivity contribution in [1.82, 2.24) is 4.90 Å². The first kappa shape index (κ1) is 30.9. The van der Waals surface area contributed by atoms with Gasteiger partial charge in [0.1, 0.15) is 24.0 Å². The van der Waals surface area contributed by atoms with Gasteiger partial charge >= 0.3 is 12.1 Å². The average Bonchev–Trinajstić information content (AvgIpc) is 3.40. The van der Waals surface area contributed by atoms with E-state index in [0.717, 1.165) is 40.0 Å². The fraction of sp³-hybridized carbons (Fsp3) is 0.515. The summed E-state index contributed by atoms with van der Waals surface area (Å²) in [6.07, 6.45) is 5.60. The van der Waals surface area contributed by atoms with Crippen molar-refractivity contribution in [1.29, 1.82) is 5.26 Å². The van der Waals surface area contributed by atoms with Gasteiger partial charge in [-0.2, -0.15) is 5.26 Å².